The number of nitrogens with zero attached hydrogens (tertiary/aromatic N) is 1. The fourth-order valence-electron chi connectivity index (χ4n) is 2.45. The lowest BCUT2D eigenvalue weighted by Crippen LogP contribution is -2.30. The molecule has 0 aliphatic rings. The summed E-state index contributed by atoms with van der Waals surface area (Å²) < 4.78 is 23.1. The Labute approximate surface area is 171 Å². The van der Waals surface area contributed by atoms with Gasteiger partial charge in [-0.1, -0.05) is 43.2 Å². The maximum Gasteiger partial charge on any atom is 0.426 e. The molecule has 0 saturated carbocycles. The predicted molar refractivity (Wildman–Crippen MR) is 107 cm³/mol. The van der Waals surface area contributed by atoms with Gasteiger partial charge in [-0.05, 0) is 18.6 Å². The summed E-state index contributed by atoms with van der Waals surface area (Å²) in [7, 11) is -2.75. The van der Waals surface area contributed by atoms with E-state index in [9.17, 15) is 9.79 Å². The molecule has 2 aromatic rings. The van der Waals surface area contributed by atoms with Crippen LogP contribution in [0.3, 0.4) is 0 Å². The van der Waals surface area contributed by atoms with E-state index >= 15 is 0 Å². The first-order chi connectivity index (χ1) is 13.5. The number of hydrogen-bond acceptors (Lipinski definition) is 7. The summed E-state index contributed by atoms with van der Waals surface area (Å²) in [5.74, 6) is 0.281. The zero-order chi connectivity index (χ0) is 20.2. The standard InChI is InChI=1S/C19H28NO6PS/c1-3-4-5-10-24-14-19(23-2)15-25-27(21,22)26-18-8-6-7-17(12-18)13-20-9-11-28-16-20/h6-9,11-12,16,19H,3-5,10,13-15H2,1-2H3/p+1/t19-/m1/s1. The number of thiazole rings is 1. The van der Waals surface area contributed by atoms with Crippen LogP contribution in [0.2, 0.25) is 0 Å². The molecule has 28 heavy (non-hydrogen) atoms. The van der Waals surface area contributed by atoms with Crippen LogP contribution >= 0.6 is 19.5 Å². The molecule has 1 heterocycles. The third kappa shape index (κ3) is 8.92. The first-order valence-electron chi connectivity index (χ1n) is 9.30. The summed E-state index contributed by atoms with van der Waals surface area (Å²) in [6.45, 7) is 3.62. The van der Waals surface area contributed by atoms with E-state index in [1.807, 2.05) is 27.7 Å². The lowest BCUT2D eigenvalue weighted by Gasteiger charge is -2.22. The number of ether oxygens (including phenoxy) is 2. The summed E-state index contributed by atoms with van der Waals surface area (Å²) in [6, 6.07) is 7.05. The molecule has 0 aliphatic heterocycles. The number of phosphoric acid groups is 1. The van der Waals surface area contributed by atoms with Crippen molar-refractivity contribution >= 4 is 19.5 Å². The predicted octanol–water partition coefficient (Wildman–Crippen LogP) is 2.73. The normalized spacial score (nSPS) is 14.6. The molecule has 0 radical (unpaired) electrons. The van der Waals surface area contributed by atoms with Crippen molar-refractivity contribution in [2.75, 3.05) is 26.9 Å². The molecular formula is C19H29NO6PS+. The van der Waals surface area contributed by atoms with E-state index in [0.717, 1.165) is 24.8 Å². The molecule has 7 nitrogen and oxygen atoms in total. The van der Waals surface area contributed by atoms with Crippen LogP contribution in [-0.4, -0.2) is 37.9 Å². The Morgan fingerprint density at radius 2 is 2.14 bits per heavy atom. The van der Waals surface area contributed by atoms with Gasteiger partial charge < -0.3 is 14.4 Å². The van der Waals surface area contributed by atoms with Gasteiger partial charge in [0.2, 0.25) is 5.51 Å². The molecule has 0 aliphatic carbocycles. The topological polar surface area (TPSA) is 84.1 Å². The zero-order valence-corrected chi connectivity index (χ0v) is 18.1. The van der Waals surface area contributed by atoms with Gasteiger partial charge in [0.05, 0.1) is 12.0 Å². The van der Waals surface area contributed by atoms with Crippen LogP contribution in [0.25, 0.3) is 0 Å². The average molecular weight is 430 g/mol. The van der Waals surface area contributed by atoms with Crippen molar-refractivity contribution in [3.05, 3.63) is 46.9 Å². The first kappa shape index (κ1) is 23.2. The monoisotopic (exact) mass is 430 g/mol. The first-order valence-corrected chi connectivity index (χ1v) is 11.7. The van der Waals surface area contributed by atoms with E-state index in [2.05, 4.69) is 6.92 Å². The minimum Gasteiger partial charge on any atom is -0.598 e. The summed E-state index contributed by atoms with van der Waals surface area (Å²) in [5, 5.41) is 1.98. The number of phosphoric ester groups is 1. The van der Waals surface area contributed by atoms with Crippen LogP contribution in [0, 0.1) is 0 Å². The van der Waals surface area contributed by atoms with Crippen molar-refractivity contribution in [3.63, 3.8) is 0 Å². The van der Waals surface area contributed by atoms with Crippen LogP contribution in [0.5, 0.6) is 5.75 Å². The number of unbranched alkanes of at least 4 members (excludes halogenated alkanes) is 2. The van der Waals surface area contributed by atoms with Gasteiger partial charge in [-0.2, -0.15) is 14.0 Å². The minimum atomic E-state index is -4.26. The maximum absolute atomic E-state index is 12.3. The molecule has 0 fully saturated rings. The Bertz CT molecular complexity index is 670. The Hall–Kier alpha value is -1.12. The highest BCUT2D eigenvalue weighted by Crippen LogP contribution is 2.47. The van der Waals surface area contributed by atoms with Crippen molar-refractivity contribution < 1.29 is 32.9 Å². The summed E-state index contributed by atoms with van der Waals surface area (Å²) in [5.41, 5.74) is 2.94. The van der Waals surface area contributed by atoms with Gasteiger partial charge in [-0.15, -0.1) is 0 Å². The van der Waals surface area contributed by atoms with Crippen LogP contribution < -0.4 is 14.0 Å². The Balaban J connectivity index is 1.80. The number of hydrogen-bond donors (Lipinski definition) is 1. The molecule has 1 N–H and O–H groups in total. The molecule has 156 valence electrons. The smallest absolute Gasteiger partial charge is 0.426 e. The van der Waals surface area contributed by atoms with Gasteiger partial charge in [-0.3, -0.25) is 4.52 Å². The van der Waals surface area contributed by atoms with Crippen LogP contribution in [0.1, 0.15) is 31.7 Å². The van der Waals surface area contributed by atoms with E-state index in [1.165, 1.54) is 7.11 Å². The fraction of sp³-hybridized carbons (Fsp3) is 0.526. The summed E-state index contributed by atoms with van der Waals surface area (Å²) in [6.07, 6.45) is 4.74. The molecule has 0 amide bonds. The molecule has 2 atom stereocenters. The van der Waals surface area contributed by atoms with E-state index in [-0.39, 0.29) is 12.4 Å². The Morgan fingerprint density at radius 1 is 1.29 bits per heavy atom. The van der Waals surface area contributed by atoms with E-state index < -0.39 is 14.3 Å². The van der Waals surface area contributed by atoms with Crippen LogP contribution in [-0.2, 0) is 20.5 Å². The van der Waals surface area contributed by atoms with E-state index in [0.29, 0.717) is 19.8 Å². The van der Waals surface area contributed by atoms with E-state index in [1.54, 1.807) is 29.5 Å². The largest absolute Gasteiger partial charge is 0.598 e. The van der Waals surface area contributed by atoms with Gasteiger partial charge >= 0.3 is 8.17 Å². The SMILES string of the molecule is CCCCCOC[C@H](CO[P+]([O-])(O)Oc1cccc(C[n+]2ccsc2)c1)OC. The quantitative estimate of drug-likeness (QED) is 0.282. The number of rotatable bonds is 14. The van der Waals surface area contributed by atoms with Gasteiger partial charge in [0, 0.05) is 19.3 Å². The van der Waals surface area contributed by atoms with Crippen molar-refractivity contribution in [2.45, 2.75) is 38.8 Å². The second kappa shape index (κ2) is 12.4. The fourth-order valence-corrected chi connectivity index (χ4v) is 3.84. The molecule has 1 unspecified atom stereocenters. The molecule has 2 rings (SSSR count). The summed E-state index contributed by atoms with van der Waals surface area (Å²) >= 11 is 1.60. The lowest BCUT2D eigenvalue weighted by atomic mass is 10.2. The highest BCUT2D eigenvalue weighted by atomic mass is 32.1. The molecule has 0 saturated heterocycles. The van der Waals surface area contributed by atoms with Gasteiger partial charge in [-0.25, -0.2) is 0 Å². The molecule has 0 spiro atoms. The number of methoxy groups -OCH3 is 1. The second-order valence-electron chi connectivity index (χ2n) is 6.34. The van der Waals surface area contributed by atoms with Crippen LogP contribution in [0.4, 0.5) is 0 Å². The van der Waals surface area contributed by atoms with E-state index in [4.69, 9.17) is 18.5 Å². The van der Waals surface area contributed by atoms with Gasteiger partial charge in [0.25, 0.3) is 0 Å². The second-order valence-corrected chi connectivity index (χ2v) is 8.47. The number of benzene rings is 1. The third-order valence-corrected chi connectivity index (χ3v) is 5.55. The van der Waals surface area contributed by atoms with Gasteiger partial charge in [0.15, 0.2) is 18.5 Å². The van der Waals surface area contributed by atoms with Crippen molar-refractivity contribution in [1.82, 2.24) is 0 Å². The maximum atomic E-state index is 12.3. The average Bonchev–Trinajstić information content (AvgIpc) is 3.17. The molecule has 1 aromatic carbocycles. The van der Waals surface area contributed by atoms with Crippen LogP contribution in [0.15, 0.2) is 41.4 Å². The summed E-state index contributed by atoms with van der Waals surface area (Å²) in [4.78, 5) is 22.3. The molecule has 0 bridgehead atoms. The Morgan fingerprint density at radius 3 is 2.86 bits per heavy atom. The lowest BCUT2D eigenvalue weighted by molar-refractivity contribution is -0.683. The minimum absolute atomic E-state index is 0.0947. The van der Waals surface area contributed by atoms with Gasteiger partial charge in [0.1, 0.15) is 12.7 Å². The zero-order valence-electron chi connectivity index (χ0n) is 16.4. The van der Waals surface area contributed by atoms with Crippen molar-refractivity contribution in [3.8, 4) is 5.75 Å². The molecule has 1 aromatic heterocycles. The van der Waals surface area contributed by atoms with Crippen molar-refractivity contribution in [2.24, 2.45) is 0 Å². The highest BCUT2D eigenvalue weighted by molar-refractivity contribution is 7.53. The third-order valence-electron chi connectivity index (χ3n) is 3.96. The highest BCUT2D eigenvalue weighted by Gasteiger charge is 2.31. The molecule has 9 heteroatoms. The van der Waals surface area contributed by atoms with Crippen molar-refractivity contribution in [1.29, 1.82) is 0 Å². The molecular weight excluding hydrogens is 401 g/mol. The Kier molecular flexibility index (Phi) is 10.3. The number of aromatic nitrogens is 1.